The molecule has 0 saturated carbocycles. The first kappa shape index (κ1) is 23.7. The molecule has 1 heteroatoms. The van der Waals surface area contributed by atoms with Crippen LogP contribution in [0.3, 0.4) is 0 Å². The van der Waals surface area contributed by atoms with Gasteiger partial charge < -0.3 is 4.74 Å². The van der Waals surface area contributed by atoms with Crippen LogP contribution in [-0.4, -0.2) is 13.2 Å². The van der Waals surface area contributed by atoms with Crippen molar-refractivity contribution in [2.24, 2.45) is 0 Å². The zero-order valence-electron chi connectivity index (χ0n) is 17.0. The second-order valence-electron chi connectivity index (χ2n) is 7.27. The second-order valence-corrected chi connectivity index (χ2v) is 7.27. The maximum Gasteiger partial charge on any atom is 0.0466 e. The summed E-state index contributed by atoms with van der Waals surface area (Å²) in [6.07, 6.45) is 28.0. The lowest BCUT2D eigenvalue weighted by Gasteiger charge is -2.05. The van der Waals surface area contributed by atoms with Gasteiger partial charge in [-0.05, 0) is 32.6 Å². The monoisotopic (exact) mass is 338 g/mol. The van der Waals surface area contributed by atoms with Crippen LogP contribution < -0.4 is 0 Å². The quantitative estimate of drug-likeness (QED) is 0.160. The minimum Gasteiger partial charge on any atom is -0.381 e. The van der Waals surface area contributed by atoms with Crippen molar-refractivity contribution in [1.29, 1.82) is 0 Å². The van der Waals surface area contributed by atoms with Gasteiger partial charge >= 0.3 is 0 Å². The highest BCUT2D eigenvalue weighted by Gasteiger charge is 1.94. The fraction of sp³-hybridized carbons (Fsp3) is 0.913. The minimum atomic E-state index is 0.981. The Morgan fingerprint density at radius 3 is 1.42 bits per heavy atom. The van der Waals surface area contributed by atoms with E-state index in [0.29, 0.717) is 0 Å². The zero-order valence-corrected chi connectivity index (χ0v) is 17.0. The predicted octanol–water partition coefficient (Wildman–Crippen LogP) is 8.23. The smallest absolute Gasteiger partial charge is 0.0466 e. The van der Waals surface area contributed by atoms with Crippen LogP contribution in [0.4, 0.5) is 0 Å². The van der Waals surface area contributed by atoms with Gasteiger partial charge in [0.15, 0.2) is 0 Å². The molecule has 0 aromatic rings. The first-order valence-corrected chi connectivity index (χ1v) is 11.1. The fourth-order valence-electron chi connectivity index (χ4n) is 3.13. The van der Waals surface area contributed by atoms with Gasteiger partial charge in [-0.15, -0.1) is 0 Å². The maximum absolute atomic E-state index is 5.69. The van der Waals surface area contributed by atoms with Gasteiger partial charge in [0.25, 0.3) is 0 Å². The first-order valence-electron chi connectivity index (χ1n) is 11.1. The summed E-state index contributed by atoms with van der Waals surface area (Å²) in [6.45, 7) is 6.34. The lowest BCUT2D eigenvalue weighted by Crippen LogP contribution is -1.97. The van der Waals surface area contributed by atoms with Crippen LogP contribution in [0.1, 0.15) is 123 Å². The summed E-state index contributed by atoms with van der Waals surface area (Å²) < 4.78 is 5.69. The highest BCUT2D eigenvalue weighted by atomic mass is 16.5. The van der Waals surface area contributed by atoms with E-state index in [2.05, 4.69) is 26.0 Å². The molecule has 0 aliphatic carbocycles. The first-order chi connectivity index (χ1) is 11.9. The number of rotatable bonds is 20. The van der Waals surface area contributed by atoms with Crippen LogP contribution in [0.25, 0.3) is 0 Å². The lowest BCUT2D eigenvalue weighted by atomic mass is 10.0. The molecule has 0 amide bonds. The van der Waals surface area contributed by atoms with E-state index < -0.39 is 0 Å². The summed E-state index contributed by atoms with van der Waals surface area (Å²) in [6, 6.07) is 0. The van der Waals surface area contributed by atoms with Gasteiger partial charge in [-0.25, -0.2) is 0 Å². The van der Waals surface area contributed by atoms with Crippen molar-refractivity contribution in [2.45, 2.75) is 123 Å². The molecule has 0 N–H and O–H groups in total. The van der Waals surface area contributed by atoms with Gasteiger partial charge in [0.2, 0.25) is 0 Å². The molecule has 0 fully saturated rings. The van der Waals surface area contributed by atoms with Gasteiger partial charge in [0, 0.05) is 13.2 Å². The molecule has 0 aliphatic heterocycles. The van der Waals surface area contributed by atoms with Gasteiger partial charge in [0.1, 0.15) is 0 Å². The predicted molar refractivity (Wildman–Crippen MR) is 110 cm³/mol. The molecule has 0 unspecified atom stereocenters. The standard InChI is InChI=1S/C23H46O/c1-3-5-7-9-10-11-12-13-14-15-16-17-18-19-21-23-24-22-20-8-6-4-2/h3,5H,4,6-23H2,1-2H3. The van der Waals surface area contributed by atoms with E-state index in [4.69, 9.17) is 4.74 Å². The third-order valence-electron chi connectivity index (χ3n) is 4.79. The number of allylic oxidation sites excluding steroid dienone is 2. The van der Waals surface area contributed by atoms with Crippen LogP contribution >= 0.6 is 0 Å². The normalized spacial score (nSPS) is 11.6. The van der Waals surface area contributed by atoms with Gasteiger partial charge in [-0.1, -0.05) is 103 Å². The van der Waals surface area contributed by atoms with Crippen molar-refractivity contribution in [1.82, 2.24) is 0 Å². The molecule has 0 aromatic carbocycles. The van der Waals surface area contributed by atoms with Gasteiger partial charge in [-0.3, -0.25) is 0 Å². The van der Waals surface area contributed by atoms with Crippen LogP contribution in [0.5, 0.6) is 0 Å². The summed E-state index contributed by atoms with van der Waals surface area (Å²) >= 11 is 0. The van der Waals surface area contributed by atoms with Crippen molar-refractivity contribution in [3.8, 4) is 0 Å². The fourth-order valence-corrected chi connectivity index (χ4v) is 3.13. The Hall–Kier alpha value is -0.300. The highest BCUT2D eigenvalue weighted by molar-refractivity contribution is 4.76. The number of hydrogen-bond donors (Lipinski definition) is 0. The van der Waals surface area contributed by atoms with Gasteiger partial charge in [-0.2, -0.15) is 0 Å². The van der Waals surface area contributed by atoms with E-state index in [9.17, 15) is 0 Å². The summed E-state index contributed by atoms with van der Waals surface area (Å²) in [5, 5.41) is 0. The van der Waals surface area contributed by atoms with Crippen LogP contribution in [0.2, 0.25) is 0 Å². The molecular weight excluding hydrogens is 292 g/mol. The molecule has 0 rings (SSSR count). The SMILES string of the molecule is CC=CCCCCCCCCCCCCCCOCCCCCC. The Balaban J connectivity index is 2.95. The molecule has 0 saturated heterocycles. The molecule has 144 valence electrons. The third-order valence-corrected chi connectivity index (χ3v) is 4.79. The Morgan fingerprint density at radius 1 is 0.542 bits per heavy atom. The highest BCUT2D eigenvalue weighted by Crippen LogP contribution is 2.12. The van der Waals surface area contributed by atoms with Crippen LogP contribution in [0.15, 0.2) is 12.2 Å². The maximum atomic E-state index is 5.69. The topological polar surface area (TPSA) is 9.23 Å². The Bertz CT molecular complexity index is 234. The van der Waals surface area contributed by atoms with Crippen molar-refractivity contribution >= 4 is 0 Å². The largest absolute Gasteiger partial charge is 0.381 e. The van der Waals surface area contributed by atoms with E-state index >= 15 is 0 Å². The molecule has 0 heterocycles. The molecule has 0 aliphatic rings. The van der Waals surface area contributed by atoms with E-state index in [0.717, 1.165) is 13.2 Å². The molecule has 0 aromatic heterocycles. The van der Waals surface area contributed by atoms with Crippen LogP contribution in [0, 0.1) is 0 Å². The Morgan fingerprint density at radius 2 is 0.958 bits per heavy atom. The summed E-state index contributed by atoms with van der Waals surface area (Å²) in [7, 11) is 0. The van der Waals surface area contributed by atoms with Crippen molar-refractivity contribution in [3.63, 3.8) is 0 Å². The van der Waals surface area contributed by atoms with E-state index in [1.165, 1.54) is 109 Å². The number of unbranched alkanes of at least 4 members (excludes halogenated alkanes) is 15. The van der Waals surface area contributed by atoms with E-state index in [1.807, 2.05) is 0 Å². The lowest BCUT2D eigenvalue weighted by molar-refractivity contribution is 0.125. The average molecular weight is 339 g/mol. The van der Waals surface area contributed by atoms with E-state index in [1.54, 1.807) is 0 Å². The molecular formula is C23H46O. The van der Waals surface area contributed by atoms with Crippen LogP contribution in [-0.2, 0) is 4.74 Å². The molecule has 0 atom stereocenters. The Kier molecular flexibility index (Phi) is 22.4. The van der Waals surface area contributed by atoms with Crippen molar-refractivity contribution < 1.29 is 4.74 Å². The van der Waals surface area contributed by atoms with Crippen molar-refractivity contribution in [2.75, 3.05) is 13.2 Å². The molecule has 0 spiro atoms. The average Bonchev–Trinajstić information content (AvgIpc) is 2.60. The summed E-state index contributed by atoms with van der Waals surface area (Å²) in [5.74, 6) is 0. The van der Waals surface area contributed by atoms with Gasteiger partial charge in [0.05, 0.1) is 0 Å². The van der Waals surface area contributed by atoms with E-state index in [-0.39, 0.29) is 0 Å². The molecule has 1 nitrogen and oxygen atoms in total. The minimum absolute atomic E-state index is 0.981. The zero-order chi connectivity index (χ0) is 17.6. The molecule has 24 heavy (non-hydrogen) atoms. The summed E-state index contributed by atoms with van der Waals surface area (Å²) in [5.41, 5.74) is 0. The third kappa shape index (κ3) is 21.7. The number of hydrogen-bond acceptors (Lipinski definition) is 1. The summed E-state index contributed by atoms with van der Waals surface area (Å²) in [4.78, 5) is 0. The molecule has 0 bridgehead atoms. The second kappa shape index (κ2) is 22.7. The Labute approximate surface area is 153 Å². The number of ether oxygens (including phenoxy) is 1. The van der Waals surface area contributed by atoms with Crippen molar-refractivity contribution in [3.05, 3.63) is 12.2 Å². The molecule has 0 radical (unpaired) electrons.